The van der Waals surface area contributed by atoms with Gasteiger partial charge in [0, 0.05) is 30.8 Å². The number of benzene rings is 1. The highest BCUT2D eigenvalue weighted by Crippen LogP contribution is 2.28. The van der Waals surface area contributed by atoms with Gasteiger partial charge in [-0.25, -0.2) is 13.6 Å². The van der Waals surface area contributed by atoms with Crippen LogP contribution in [-0.2, 0) is 19.4 Å². The first-order valence-corrected chi connectivity index (χ1v) is 9.92. The monoisotopic (exact) mass is 391 g/mol. The Hall–Kier alpha value is -3.29. The number of pyridine rings is 1. The maximum absolute atomic E-state index is 13.5. The smallest absolute Gasteiger partial charge is 0.243 e. The number of anilines is 1. The Morgan fingerprint density at radius 3 is 2.97 bits per heavy atom. The van der Waals surface area contributed by atoms with Gasteiger partial charge in [0.05, 0.1) is 11.4 Å². The lowest BCUT2D eigenvalue weighted by Crippen LogP contribution is -2.28. The van der Waals surface area contributed by atoms with Crippen molar-refractivity contribution in [3.63, 3.8) is 0 Å². The third kappa shape index (κ3) is 3.14. The molecule has 148 valence electrons. The molecule has 7 nitrogen and oxygen atoms in total. The molecule has 0 radical (unpaired) electrons. The Morgan fingerprint density at radius 2 is 2.14 bits per heavy atom. The Kier molecular flexibility index (Phi) is 4.26. The molecule has 3 heterocycles. The van der Waals surface area contributed by atoms with Crippen molar-refractivity contribution in [3.05, 3.63) is 59.3 Å². The second-order valence-electron chi connectivity index (χ2n) is 7.47. The molecule has 1 atom stereocenters. The quantitative estimate of drug-likeness (QED) is 0.577. The van der Waals surface area contributed by atoms with Crippen molar-refractivity contribution >= 4 is 11.6 Å². The molecule has 1 aliphatic carbocycles. The minimum Gasteiger partial charge on any atom is -0.350 e. The summed E-state index contributed by atoms with van der Waals surface area (Å²) < 4.78 is 17.3. The number of hydrogen-bond acceptors (Lipinski definition) is 5. The largest absolute Gasteiger partial charge is 0.350 e. The maximum Gasteiger partial charge on any atom is 0.243 e. The number of hydrogen-bond donors (Lipinski definition) is 1. The second-order valence-corrected chi connectivity index (χ2v) is 7.47. The average molecular weight is 391 g/mol. The fraction of sp³-hybridized carbons (Fsp3) is 0.333. The summed E-state index contributed by atoms with van der Waals surface area (Å²) in [5.74, 6) is 0.354. The molecule has 1 aromatic carbocycles. The summed E-state index contributed by atoms with van der Waals surface area (Å²) in [7, 11) is 0. The van der Waals surface area contributed by atoms with E-state index in [1.807, 2.05) is 29.9 Å². The van der Waals surface area contributed by atoms with Crippen LogP contribution in [0.1, 0.15) is 30.3 Å². The molecule has 4 aromatic rings. The highest BCUT2D eigenvalue weighted by molar-refractivity contribution is 5.79. The van der Waals surface area contributed by atoms with Gasteiger partial charge in [0.25, 0.3) is 0 Å². The number of aromatic nitrogens is 6. The third-order valence-corrected chi connectivity index (χ3v) is 5.56. The van der Waals surface area contributed by atoms with Crippen LogP contribution < -0.4 is 5.32 Å². The van der Waals surface area contributed by atoms with Crippen molar-refractivity contribution in [1.29, 1.82) is 0 Å². The molecule has 0 saturated heterocycles. The molecular formula is C21H22FN7. The Bertz CT molecular complexity index is 1190. The first-order valence-electron chi connectivity index (χ1n) is 9.92. The second kappa shape index (κ2) is 6.95. The molecule has 0 fully saturated rings. The van der Waals surface area contributed by atoms with E-state index in [9.17, 15) is 4.39 Å². The van der Waals surface area contributed by atoms with Crippen LogP contribution in [-0.4, -0.2) is 35.6 Å². The average Bonchev–Trinajstić information content (AvgIpc) is 3.31. The molecule has 1 unspecified atom stereocenters. The zero-order valence-corrected chi connectivity index (χ0v) is 16.4. The summed E-state index contributed by atoms with van der Waals surface area (Å²) in [5.41, 5.74) is 5.80. The van der Waals surface area contributed by atoms with E-state index in [1.54, 1.807) is 10.6 Å². The molecule has 5 rings (SSSR count). The summed E-state index contributed by atoms with van der Waals surface area (Å²) in [6.07, 6.45) is 4.62. The van der Waals surface area contributed by atoms with Gasteiger partial charge in [-0.05, 0) is 62.1 Å². The Balaban J connectivity index is 1.44. The maximum atomic E-state index is 13.5. The van der Waals surface area contributed by atoms with Crippen LogP contribution in [0.15, 0.2) is 36.5 Å². The van der Waals surface area contributed by atoms with Gasteiger partial charge < -0.3 is 5.32 Å². The third-order valence-electron chi connectivity index (χ3n) is 5.56. The molecule has 8 heteroatoms. The van der Waals surface area contributed by atoms with Crippen LogP contribution in [0.3, 0.4) is 0 Å². The predicted molar refractivity (Wildman–Crippen MR) is 108 cm³/mol. The minimum atomic E-state index is -0.237. The SMILES string of the molecule is CCn1nnc2c1CCC(Nc1nc3c(-c4ccc(F)cc4C)cccn3n1)C2. The first kappa shape index (κ1) is 17.8. The van der Waals surface area contributed by atoms with Crippen molar-refractivity contribution in [2.24, 2.45) is 0 Å². The van der Waals surface area contributed by atoms with Gasteiger partial charge in [-0.2, -0.15) is 4.98 Å². The van der Waals surface area contributed by atoms with E-state index in [0.717, 1.165) is 53.8 Å². The number of nitrogens with zero attached hydrogens (tertiary/aromatic N) is 6. The van der Waals surface area contributed by atoms with Crippen molar-refractivity contribution in [2.45, 2.75) is 45.7 Å². The molecule has 1 aliphatic rings. The topological polar surface area (TPSA) is 72.9 Å². The molecular weight excluding hydrogens is 369 g/mol. The van der Waals surface area contributed by atoms with E-state index >= 15 is 0 Å². The normalized spacial score (nSPS) is 16.2. The lowest BCUT2D eigenvalue weighted by atomic mass is 9.96. The Morgan fingerprint density at radius 1 is 1.24 bits per heavy atom. The highest BCUT2D eigenvalue weighted by atomic mass is 19.1. The lowest BCUT2D eigenvalue weighted by Gasteiger charge is -2.22. The zero-order chi connectivity index (χ0) is 20.0. The van der Waals surface area contributed by atoms with E-state index in [1.165, 1.54) is 17.8 Å². The summed E-state index contributed by atoms with van der Waals surface area (Å²) in [6.45, 7) is 4.83. The summed E-state index contributed by atoms with van der Waals surface area (Å²) in [6, 6.07) is 8.95. The number of halogens is 1. The number of rotatable bonds is 4. The van der Waals surface area contributed by atoms with E-state index < -0.39 is 0 Å². The fourth-order valence-electron chi connectivity index (χ4n) is 4.11. The Labute approximate surface area is 167 Å². The molecule has 0 saturated carbocycles. The lowest BCUT2D eigenvalue weighted by molar-refractivity contribution is 0.551. The summed E-state index contributed by atoms with van der Waals surface area (Å²) in [5, 5.41) is 16.6. The van der Waals surface area contributed by atoms with Crippen LogP contribution in [0.25, 0.3) is 16.8 Å². The molecule has 1 N–H and O–H groups in total. The van der Waals surface area contributed by atoms with Gasteiger partial charge in [0.15, 0.2) is 5.65 Å². The molecule has 0 bridgehead atoms. The van der Waals surface area contributed by atoms with Crippen LogP contribution in [0.4, 0.5) is 10.3 Å². The van der Waals surface area contributed by atoms with Crippen molar-refractivity contribution in [3.8, 4) is 11.1 Å². The van der Waals surface area contributed by atoms with Crippen LogP contribution in [0.5, 0.6) is 0 Å². The fourth-order valence-corrected chi connectivity index (χ4v) is 4.11. The minimum absolute atomic E-state index is 0.220. The van der Waals surface area contributed by atoms with Gasteiger partial charge in [0.2, 0.25) is 5.95 Å². The van der Waals surface area contributed by atoms with Crippen LogP contribution >= 0.6 is 0 Å². The zero-order valence-electron chi connectivity index (χ0n) is 16.4. The van der Waals surface area contributed by atoms with Crippen molar-refractivity contribution in [1.82, 2.24) is 29.6 Å². The standard InChI is InChI=1S/C21H22FN7/c1-3-28-19-9-7-15(12-18(19)25-27-28)23-21-24-20-17(5-4-10-29(20)26-21)16-8-6-14(22)11-13(16)2/h4-6,8,10-11,15H,3,7,9,12H2,1-2H3,(H,23,26). The van der Waals surface area contributed by atoms with Gasteiger partial charge in [-0.3, -0.25) is 0 Å². The number of fused-ring (bicyclic) bond motifs is 2. The van der Waals surface area contributed by atoms with Crippen LogP contribution in [0.2, 0.25) is 0 Å². The molecule has 0 amide bonds. The molecule has 0 spiro atoms. The van der Waals surface area contributed by atoms with Gasteiger partial charge >= 0.3 is 0 Å². The van der Waals surface area contributed by atoms with Gasteiger partial charge in [0.1, 0.15) is 5.82 Å². The van der Waals surface area contributed by atoms with E-state index in [0.29, 0.717) is 5.95 Å². The summed E-state index contributed by atoms with van der Waals surface area (Å²) >= 11 is 0. The van der Waals surface area contributed by atoms with Crippen molar-refractivity contribution in [2.75, 3.05) is 5.32 Å². The van der Waals surface area contributed by atoms with Gasteiger partial charge in [-0.1, -0.05) is 11.3 Å². The van der Waals surface area contributed by atoms with Crippen LogP contribution in [0, 0.1) is 12.7 Å². The molecule has 3 aromatic heterocycles. The van der Waals surface area contributed by atoms with E-state index in [-0.39, 0.29) is 11.9 Å². The first-order chi connectivity index (χ1) is 14.1. The molecule has 0 aliphatic heterocycles. The number of aryl methyl sites for hydroxylation is 2. The van der Waals surface area contributed by atoms with Gasteiger partial charge in [-0.15, -0.1) is 10.2 Å². The van der Waals surface area contributed by atoms with E-state index in [4.69, 9.17) is 4.98 Å². The highest BCUT2D eigenvalue weighted by Gasteiger charge is 2.24. The predicted octanol–water partition coefficient (Wildman–Crippen LogP) is 3.42. The van der Waals surface area contributed by atoms with Crippen molar-refractivity contribution < 1.29 is 4.39 Å². The van der Waals surface area contributed by atoms with E-state index in [2.05, 4.69) is 27.7 Å². The molecule has 29 heavy (non-hydrogen) atoms. The number of nitrogens with one attached hydrogen (secondary N) is 1. The summed E-state index contributed by atoms with van der Waals surface area (Å²) in [4.78, 5) is 4.73.